The van der Waals surface area contributed by atoms with Crippen LogP contribution < -0.4 is 5.32 Å². The van der Waals surface area contributed by atoms with Crippen molar-refractivity contribution < 1.29 is 9.18 Å². The fourth-order valence-electron chi connectivity index (χ4n) is 2.79. The second-order valence-electron chi connectivity index (χ2n) is 5.63. The van der Waals surface area contributed by atoms with Gasteiger partial charge >= 0.3 is 6.03 Å². The number of thioether (sulfide) groups is 1. The molecule has 1 aromatic heterocycles. The number of rotatable bonds is 4. The molecule has 1 atom stereocenters. The second kappa shape index (κ2) is 7.66. The highest BCUT2D eigenvalue weighted by molar-refractivity contribution is 7.99. The summed E-state index contributed by atoms with van der Waals surface area (Å²) < 4.78 is 13.9. The number of hydrogen-bond donors (Lipinski definition) is 1. The van der Waals surface area contributed by atoms with Crippen molar-refractivity contribution in [2.24, 2.45) is 0 Å². The fraction of sp³-hybridized carbons (Fsp3) is 0.333. The number of carbonyl (C=O) groups is 1. The number of halogens is 1. The first kappa shape index (κ1) is 16.8. The van der Waals surface area contributed by atoms with E-state index in [2.05, 4.69) is 10.3 Å². The van der Waals surface area contributed by atoms with Gasteiger partial charge in [-0.25, -0.2) is 9.18 Å². The van der Waals surface area contributed by atoms with Gasteiger partial charge in [-0.1, -0.05) is 18.2 Å². The number of hydrogen-bond acceptors (Lipinski definition) is 3. The topological polar surface area (TPSA) is 45.2 Å². The molecule has 6 heteroatoms. The SMILES string of the molecule is CCN(Cc1ccccn1)C(=O)NC1CCSc2c(F)cccc21. The summed E-state index contributed by atoms with van der Waals surface area (Å²) in [6.07, 6.45) is 2.52. The van der Waals surface area contributed by atoms with E-state index in [4.69, 9.17) is 0 Å². The van der Waals surface area contributed by atoms with E-state index < -0.39 is 0 Å². The van der Waals surface area contributed by atoms with Crippen LogP contribution in [0.1, 0.15) is 30.6 Å². The molecule has 126 valence electrons. The Hall–Kier alpha value is -2.08. The van der Waals surface area contributed by atoms with Crippen LogP contribution in [0, 0.1) is 5.82 Å². The van der Waals surface area contributed by atoms with Gasteiger partial charge in [-0.15, -0.1) is 11.8 Å². The molecule has 1 aliphatic rings. The van der Waals surface area contributed by atoms with Crippen molar-refractivity contribution in [1.29, 1.82) is 0 Å². The molecule has 0 radical (unpaired) electrons. The van der Waals surface area contributed by atoms with Crippen molar-refractivity contribution in [2.45, 2.75) is 30.8 Å². The maximum absolute atomic E-state index is 13.9. The molecule has 0 spiro atoms. The Bertz CT molecular complexity index is 711. The van der Waals surface area contributed by atoms with Gasteiger partial charge in [0.1, 0.15) is 5.82 Å². The molecule has 1 aliphatic heterocycles. The number of nitrogens with one attached hydrogen (secondary N) is 1. The predicted molar refractivity (Wildman–Crippen MR) is 93.3 cm³/mol. The molecule has 3 rings (SSSR count). The van der Waals surface area contributed by atoms with E-state index in [9.17, 15) is 9.18 Å². The van der Waals surface area contributed by atoms with Crippen LogP contribution in [0.4, 0.5) is 9.18 Å². The zero-order valence-corrected chi connectivity index (χ0v) is 14.4. The molecule has 0 saturated carbocycles. The first-order valence-electron chi connectivity index (χ1n) is 8.05. The number of nitrogens with zero attached hydrogens (tertiary/aromatic N) is 2. The number of benzene rings is 1. The minimum atomic E-state index is -0.211. The van der Waals surface area contributed by atoms with E-state index in [-0.39, 0.29) is 17.9 Å². The molecule has 2 heterocycles. The number of aromatic nitrogens is 1. The largest absolute Gasteiger partial charge is 0.331 e. The summed E-state index contributed by atoms with van der Waals surface area (Å²) in [5.74, 6) is 0.586. The monoisotopic (exact) mass is 345 g/mol. The van der Waals surface area contributed by atoms with Crippen molar-refractivity contribution in [3.8, 4) is 0 Å². The third kappa shape index (κ3) is 3.70. The van der Waals surface area contributed by atoms with Crippen LogP contribution in [0.25, 0.3) is 0 Å². The van der Waals surface area contributed by atoms with Gasteiger partial charge in [-0.05, 0) is 37.1 Å². The van der Waals surface area contributed by atoms with Gasteiger partial charge in [0.25, 0.3) is 0 Å². The van der Waals surface area contributed by atoms with Crippen LogP contribution in [0.5, 0.6) is 0 Å². The van der Waals surface area contributed by atoms with Crippen LogP contribution >= 0.6 is 11.8 Å². The third-order valence-corrected chi connectivity index (χ3v) is 5.23. The molecule has 24 heavy (non-hydrogen) atoms. The molecule has 1 N–H and O–H groups in total. The van der Waals surface area contributed by atoms with E-state index in [0.717, 1.165) is 23.4 Å². The average Bonchev–Trinajstić information content (AvgIpc) is 2.61. The van der Waals surface area contributed by atoms with Crippen molar-refractivity contribution in [3.05, 3.63) is 59.7 Å². The highest BCUT2D eigenvalue weighted by Crippen LogP contribution is 2.37. The van der Waals surface area contributed by atoms with Gasteiger partial charge in [0, 0.05) is 23.4 Å². The van der Waals surface area contributed by atoms with Crippen LogP contribution in [-0.2, 0) is 6.54 Å². The zero-order chi connectivity index (χ0) is 16.9. The summed E-state index contributed by atoms with van der Waals surface area (Å²) in [6, 6.07) is 10.4. The molecular formula is C18H20FN3OS. The Morgan fingerprint density at radius 2 is 2.25 bits per heavy atom. The molecule has 4 nitrogen and oxygen atoms in total. The minimum Gasteiger partial charge on any atom is -0.331 e. The molecule has 0 aliphatic carbocycles. The van der Waals surface area contributed by atoms with Crippen LogP contribution in [0.2, 0.25) is 0 Å². The maximum Gasteiger partial charge on any atom is 0.318 e. The molecule has 0 bridgehead atoms. The van der Waals surface area contributed by atoms with Crippen LogP contribution in [-0.4, -0.2) is 28.2 Å². The Balaban J connectivity index is 1.71. The zero-order valence-electron chi connectivity index (χ0n) is 13.5. The molecule has 2 aromatic rings. The Kier molecular flexibility index (Phi) is 5.35. The van der Waals surface area contributed by atoms with Gasteiger partial charge in [-0.3, -0.25) is 4.98 Å². The van der Waals surface area contributed by atoms with Crippen molar-refractivity contribution in [3.63, 3.8) is 0 Å². The lowest BCUT2D eigenvalue weighted by molar-refractivity contribution is 0.192. The number of carbonyl (C=O) groups excluding carboxylic acids is 1. The Labute approximate surface area is 145 Å². The summed E-state index contributed by atoms with van der Waals surface area (Å²) in [7, 11) is 0. The number of fused-ring (bicyclic) bond motifs is 1. The number of pyridine rings is 1. The van der Waals surface area contributed by atoms with E-state index in [0.29, 0.717) is 18.0 Å². The van der Waals surface area contributed by atoms with Gasteiger partial charge in [-0.2, -0.15) is 0 Å². The third-order valence-electron chi connectivity index (χ3n) is 4.07. The average molecular weight is 345 g/mol. The summed E-state index contributed by atoms with van der Waals surface area (Å²) in [5, 5.41) is 3.05. The Morgan fingerprint density at radius 1 is 1.38 bits per heavy atom. The summed E-state index contributed by atoms with van der Waals surface area (Å²) in [4.78, 5) is 19.3. The molecule has 1 unspecified atom stereocenters. The normalized spacial score (nSPS) is 16.3. The highest BCUT2D eigenvalue weighted by Gasteiger charge is 2.26. The number of urea groups is 1. The van der Waals surface area contributed by atoms with Crippen molar-refractivity contribution in [1.82, 2.24) is 15.2 Å². The van der Waals surface area contributed by atoms with Gasteiger partial charge < -0.3 is 10.2 Å². The summed E-state index contributed by atoms with van der Waals surface area (Å²) >= 11 is 1.51. The van der Waals surface area contributed by atoms with E-state index in [1.54, 1.807) is 17.2 Å². The quantitative estimate of drug-likeness (QED) is 0.911. The molecule has 0 fully saturated rings. The van der Waals surface area contributed by atoms with Crippen molar-refractivity contribution in [2.75, 3.05) is 12.3 Å². The lowest BCUT2D eigenvalue weighted by atomic mass is 10.0. The smallest absolute Gasteiger partial charge is 0.318 e. The van der Waals surface area contributed by atoms with E-state index in [1.165, 1.54) is 17.8 Å². The fourth-order valence-corrected chi connectivity index (χ4v) is 3.93. The van der Waals surface area contributed by atoms with Gasteiger partial charge in [0.2, 0.25) is 0 Å². The molecule has 0 saturated heterocycles. The summed E-state index contributed by atoms with van der Waals surface area (Å²) in [5.41, 5.74) is 1.72. The molecule has 2 amide bonds. The van der Waals surface area contributed by atoms with E-state index in [1.807, 2.05) is 31.2 Å². The minimum absolute atomic E-state index is 0.143. The van der Waals surface area contributed by atoms with Gasteiger partial charge in [0.15, 0.2) is 0 Å². The standard InChI is InChI=1S/C18H20FN3OS/c1-2-22(12-13-6-3-4-10-20-13)18(23)21-16-9-11-24-17-14(16)7-5-8-15(17)19/h3-8,10,16H,2,9,11-12H2,1H3,(H,21,23). The van der Waals surface area contributed by atoms with Gasteiger partial charge in [0.05, 0.1) is 18.3 Å². The summed E-state index contributed by atoms with van der Waals surface area (Å²) in [6.45, 7) is 2.98. The molecule has 1 aromatic carbocycles. The predicted octanol–water partition coefficient (Wildman–Crippen LogP) is 3.99. The highest BCUT2D eigenvalue weighted by atomic mass is 32.2. The lowest BCUT2D eigenvalue weighted by Crippen LogP contribution is -2.42. The van der Waals surface area contributed by atoms with Crippen LogP contribution in [0.3, 0.4) is 0 Å². The van der Waals surface area contributed by atoms with Crippen LogP contribution in [0.15, 0.2) is 47.5 Å². The Morgan fingerprint density at radius 3 is 3.00 bits per heavy atom. The molecular weight excluding hydrogens is 325 g/mol. The maximum atomic E-state index is 13.9. The lowest BCUT2D eigenvalue weighted by Gasteiger charge is -2.29. The van der Waals surface area contributed by atoms with E-state index >= 15 is 0 Å². The first-order chi connectivity index (χ1) is 11.7. The second-order valence-corrected chi connectivity index (χ2v) is 6.74. The first-order valence-corrected chi connectivity index (χ1v) is 9.04. The number of amides is 2. The van der Waals surface area contributed by atoms with Crippen molar-refractivity contribution >= 4 is 17.8 Å².